The van der Waals surface area contributed by atoms with Gasteiger partial charge in [0.25, 0.3) is 5.69 Å². The fourth-order valence-electron chi connectivity index (χ4n) is 2.91. The molecule has 2 heterocycles. The Morgan fingerprint density at radius 2 is 2.11 bits per heavy atom. The molecule has 1 aliphatic heterocycles. The van der Waals surface area contributed by atoms with Gasteiger partial charge in [0.2, 0.25) is 0 Å². The number of benzene rings is 2. The molecule has 0 atom stereocenters. The maximum atomic E-state index is 11.2. The molecule has 1 aliphatic rings. The molecule has 0 fully saturated rings. The molecule has 138 valence electrons. The monoisotopic (exact) mass is 375 g/mol. The topological polar surface area (TPSA) is 116 Å². The lowest BCUT2D eigenvalue weighted by molar-refractivity contribution is -0.384. The zero-order chi connectivity index (χ0) is 19.7. The SMILES string of the molecule is COc1ccc(/C=C(\C#N)c2nnc3n2-c2cc([N+](=O)[O-])ccc2OC3)cc1. The smallest absolute Gasteiger partial charge is 0.271 e. The number of non-ortho nitro benzene ring substituents is 1. The highest BCUT2D eigenvalue weighted by molar-refractivity contribution is 5.88. The molecule has 0 amide bonds. The minimum absolute atomic E-state index is 0.0903. The molecular formula is C19H13N5O4. The summed E-state index contributed by atoms with van der Waals surface area (Å²) in [5.41, 5.74) is 1.38. The highest BCUT2D eigenvalue weighted by Gasteiger charge is 2.26. The maximum absolute atomic E-state index is 11.2. The maximum Gasteiger partial charge on any atom is 0.271 e. The Hall–Kier alpha value is -4.19. The van der Waals surface area contributed by atoms with Crippen LogP contribution in [-0.2, 0) is 6.61 Å². The molecule has 0 unspecified atom stereocenters. The lowest BCUT2D eigenvalue weighted by Crippen LogP contribution is -2.15. The molecular weight excluding hydrogens is 362 g/mol. The Morgan fingerprint density at radius 1 is 1.32 bits per heavy atom. The van der Waals surface area contributed by atoms with E-state index in [1.807, 2.05) is 12.1 Å². The van der Waals surface area contributed by atoms with E-state index in [4.69, 9.17) is 9.47 Å². The van der Waals surface area contributed by atoms with Crippen LogP contribution in [0, 0.1) is 21.4 Å². The van der Waals surface area contributed by atoms with Gasteiger partial charge < -0.3 is 9.47 Å². The molecule has 9 heteroatoms. The van der Waals surface area contributed by atoms with Crippen molar-refractivity contribution < 1.29 is 14.4 Å². The van der Waals surface area contributed by atoms with Crippen LogP contribution < -0.4 is 9.47 Å². The largest absolute Gasteiger partial charge is 0.497 e. The highest BCUT2D eigenvalue weighted by Crippen LogP contribution is 2.34. The number of nitriles is 1. The van der Waals surface area contributed by atoms with Crippen LogP contribution in [0.3, 0.4) is 0 Å². The fraction of sp³-hybridized carbons (Fsp3) is 0.105. The van der Waals surface area contributed by atoms with Gasteiger partial charge in [-0.1, -0.05) is 12.1 Å². The van der Waals surface area contributed by atoms with Gasteiger partial charge in [-0.2, -0.15) is 5.26 Å². The van der Waals surface area contributed by atoms with Gasteiger partial charge in [-0.3, -0.25) is 14.7 Å². The number of allylic oxidation sites excluding steroid dienone is 1. The van der Waals surface area contributed by atoms with Gasteiger partial charge in [-0.15, -0.1) is 10.2 Å². The van der Waals surface area contributed by atoms with E-state index in [9.17, 15) is 15.4 Å². The van der Waals surface area contributed by atoms with Gasteiger partial charge in [-0.05, 0) is 29.8 Å². The van der Waals surface area contributed by atoms with E-state index in [1.165, 1.54) is 18.2 Å². The van der Waals surface area contributed by atoms with E-state index in [0.29, 0.717) is 28.8 Å². The Kier molecular flexibility index (Phi) is 4.21. The molecule has 2 aromatic carbocycles. The molecule has 0 radical (unpaired) electrons. The first-order valence-electron chi connectivity index (χ1n) is 8.23. The molecule has 0 N–H and O–H groups in total. The Morgan fingerprint density at radius 3 is 2.79 bits per heavy atom. The standard InChI is InChI=1S/C19H13N5O4/c1-27-15-5-2-12(3-6-15)8-13(10-20)19-22-21-18-11-28-17-7-4-14(24(25)26)9-16(17)23(18)19/h2-9H,11H2,1H3/b13-8+. The molecule has 3 aromatic rings. The molecule has 0 spiro atoms. The number of rotatable bonds is 4. The predicted octanol–water partition coefficient (Wildman–Crippen LogP) is 3.14. The van der Waals surface area contributed by atoms with Crippen molar-refractivity contribution in [3.05, 3.63) is 69.8 Å². The minimum Gasteiger partial charge on any atom is -0.497 e. The lowest BCUT2D eigenvalue weighted by Gasteiger charge is -2.19. The molecule has 4 rings (SSSR count). The summed E-state index contributed by atoms with van der Waals surface area (Å²) in [7, 11) is 1.58. The summed E-state index contributed by atoms with van der Waals surface area (Å²) in [5.74, 6) is 1.91. The van der Waals surface area contributed by atoms with Crippen LogP contribution in [-0.4, -0.2) is 26.8 Å². The van der Waals surface area contributed by atoms with Crippen LogP contribution in [0.5, 0.6) is 11.5 Å². The van der Waals surface area contributed by atoms with Crippen LogP contribution >= 0.6 is 0 Å². The lowest BCUT2D eigenvalue weighted by atomic mass is 10.1. The average Bonchev–Trinajstić information content (AvgIpc) is 3.16. The third-order valence-electron chi connectivity index (χ3n) is 4.27. The minimum atomic E-state index is -0.489. The van der Waals surface area contributed by atoms with Crippen molar-refractivity contribution in [2.24, 2.45) is 0 Å². The number of nitro groups is 1. The first-order chi connectivity index (χ1) is 13.6. The van der Waals surface area contributed by atoms with Crippen molar-refractivity contribution in [1.29, 1.82) is 5.26 Å². The third-order valence-corrected chi connectivity index (χ3v) is 4.27. The number of hydrogen-bond acceptors (Lipinski definition) is 7. The van der Waals surface area contributed by atoms with E-state index < -0.39 is 4.92 Å². The Bertz CT molecular complexity index is 1140. The molecule has 9 nitrogen and oxygen atoms in total. The van der Waals surface area contributed by atoms with Crippen LogP contribution in [0.1, 0.15) is 17.2 Å². The zero-order valence-electron chi connectivity index (χ0n) is 14.7. The van der Waals surface area contributed by atoms with E-state index >= 15 is 0 Å². The van der Waals surface area contributed by atoms with Crippen LogP contribution in [0.15, 0.2) is 42.5 Å². The summed E-state index contributed by atoms with van der Waals surface area (Å²) < 4.78 is 12.3. The summed E-state index contributed by atoms with van der Waals surface area (Å²) in [5, 5.41) is 29.0. The normalized spacial score (nSPS) is 12.4. The average molecular weight is 375 g/mol. The molecule has 0 aliphatic carbocycles. The van der Waals surface area contributed by atoms with Crippen LogP contribution in [0.2, 0.25) is 0 Å². The van der Waals surface area contributed by atoms with Crippen molar-refractivity contribution in [1.82, 2.24) is 14.8 Å². The van der Waals surface area contributed by atoms with Crippen molar-refractivity contribution >= 4 is 17.3 Å². The van der Waals surface area contributed by atoms with Gasteiger partial charge in [0.05, 0.1) is 23.3 Å². The molecule has 0 saturated carbocycles. The summed E-state index contributed by atoms with van der Waals surface area (Å²) in [4.78, 5) is 10.7. The van der Waals surface area contributed by atoms with E-state index in [2.05, 4.69) is 16.3 Å². The number of ether oxygens (including phenoxy) is 2. The van der Waals surface area contributed by atoms with E-state index in [1.54, 1.807) is 29.9 Å². The summed E-state index contributed by atoms with van der Waals surface area (Å²) >= 11 is 0. The number of nitrogens with zero attached hydrogens (tertiary/aromatic N) is 5. The Labute approximate surface area is 159 Å². The third kappa shape index (κ3) is 2.93. The molecule has 0 bridgehead atoms. The fourth-order valence-corrected chi connectivity index (χ4v) is 2.91. The van der Waals surface area contributed by atoms with Crippen LogP contribution in [0.4, 0.5) is 5.69 Å². The number of nitro benzene ring substituents is 1. The van der Waals surface area contributed by atoms with E-state index in [-0.39, 0.29) is 17.9 Å². The number of methoxy groups -OCH3 is 1. The number of fused-ring (bicyclic) bond motifs is 3. The quantitative estimate of drug-likeness (QED) is 0.391. The van der Waals surface area contributed by atoms with Gasteiger partial charge in [-0.25, -0.2) is 0 Å². The van der Waals surface area contributed by atoms with Crippen molar-refractivity contribution in [3.63, 3.8) is 0 Å². The van der Waals surface area contributed by atoms with Crippen molar-refractivity contribution in [3.8, 4) is 23.3 Å². The number of hydrogen-bond donors (Lipinski definition) is 0. The second-order valence-electron chi connectivity index (χ2n) is 5.92. The molecule has 28 heavy (non-hydrogen) atoms. The Balaban J connectivity index is 1.83. The van der Waals surface area contributed by atoms with Crippen molar-refractivity contribution in [2.45, 2.75) is 6.61 Å². The zero-order valence-corrected chi connectivity index (χ0v) is 14.7. The molecule has 1 aromatic heterocycles. The second-order valence-corrected chi connectivity index (χ2v) is 5.92. The van der Waals surface area contributed by atoms with Gasteiger partial charge >= 0.3 is 0 Å². The van der Waals surface area contributed by atoms with Crippen LogP contribution in [0.25, 0.3) is 17.3 Å². The summed E-state index contributed by atoms with van der Waals surface area (Å²) in [6, 6.07) is 13.6. The highest BCUT2D eigenvalue weighted by atomic mass is 16.6. The predicted molar refractivity (Wildman–Crippen MR) is 98.8 cm³/mol. The van der Waals surface area contributed by atoms with E-state index in [0.717, 1.165) is 5.56 Å². The first-order valence-corrected chi connectivity index (χ1v) is 8.23. The number of aromatic nitrogens is 3. The van der Waals surface area contributed by atoms with Gasteiger partial charge in [0.15, 0.2) is 11.6 Å². The summed E-state index contributed by atoms with van der Waals surface area (Å²) in [6.07, 6.45) is 1.67. The van der Waals surface area contributed by atoms with Gasteiger partial charge in [0, 0.05) is 12.1 Å². The second kappa shape index (κ2) is 6.85. The molecule has 0 saturated heterocycles. The first kappa shape index (κ1) is 17.2. The van der Waals surface area contributed by atoms with Gasteiger partial charge in [0.1, 0.15) is 24.2 Å². The van der Waals surface area contributed by atoms with Crippen molar-refractivity contribution in [2.75, 3.05) is 7.11 Å². The summed E-state index contributed by atoms with van der Waals surface area (Å²) in [6.45, 7) is 0.152.